The van der Waals surface area contributed by atoms with Crippen molar-refractivity contribution < 1.29 is 14.3 Å². The summed E-state index contributed by atoms with van der Waals surface area (Å²) in [4.78, 5) is 25.6. The third-order valence-electron chi connectivity index (χ3n) is 5.34. The van der Waals surface area contributed by atoms with Crippen LogP contribution in [0.4, 0.5) is 5.00 Å². The van der Waals surface area contributed by atoms with Gasteiger partial charge in [0.05, 0.1) is 16.7 Å². The molecule has 3 aromatic rings. The average molecular weight is 474 g/mol. The smallest absolute Gasteiger partial charge is 0.341 e. The van der Waals surface area contributed by atoms with Crippen LogP contribution in [0.1, 0.15) is 51.6 Å². The lowest BCUT2D eigenvalue weighted by Crippen LogP contribution is -2.15. The van der Waals surface area contributed by atoms with E-state index in [0.717, 1.165) is 24.0 Å². The van der Waals surface area contributed by atoms with Gasteiger partial charge in [-0.2, -0.15) is 0 Å². The van der Waals surface area contributed by atoms with Gasteiger partial charge in [-0.3, -0.25) is 4.79 Å². The van der Waals surface area contributed by atoms with Gasteiger partial charge in [-0.1, -0.05) is 41.4 Å². The summed E-state index contributed by atoms with van der Waals surface area (Å²) >= 11 is 13.3. The zero-order valence-corrected chi connectivity index (χ0v) is 19.3. The lowest BCUT2D eigenvalue weighted by atomic mass is 9.89. The molecule has 1 heterocycles. The van der Waals surface area contributed by atoms with Gasteiger partial charge in [0, 0.05) is 16.5 Å². The molecule has 160 valence electrons. The fraction of sp³-hybridized carbons (Fsp3) is 0.250. The summed E-state index contributed by atoms with van der Waals surface area (Å²) < 4.78 is 5.30. The van der Waals surface area contributed by atoms with Crippen LogP contribution in [0.3, 0.4) is 0 Å². The van der Waals surface area contributed by atoms with E-state index in [1.807, 2.05) is 11.4 Å². The summed E-state index contributed by atoms with van der Waals surface area (Å²) in [6.07, 6.45) is 4.53. The molecule has 4 nitrogen and oxygen atoms in total. The maximum atomic E-state index is 12.8. The van der Waals surface area contributed by atoms with E-state index in [1.54, 1.807) is 19.1 Å². The molecule has 0 spiro atoms. The van der Waals surface area contributed by atoms with Crippen LogP contribution < -0.4 is 5.32 Å². The standard InChI is InChI=1S/C24H21Cl2NO3S/c1-2-30-24(29)21-18(16-8-7-14-5-3-4-6-15(14)11-16)13-31-23(21)27-22(28)17-9-10-19(25)20(26)12-17/h7-13H,2-6H2,1H3,(H,27,28). The van der Waals surface area contributed by atoms with Crippen molar-refractivity contribution in [2.45, 2.75) is 32.6 Å². The number of rotatable bonds is 5. The summed E-state index contributed by atoms with van der Waals surface area (Å²) in [6, 6.07) is 11.0. The molecular formula is C24H21Cl2NO3S. The molecule has 1 aliphatic carbocycles. The largest absolute Gasteiger partial charge is 0.462 e. The van der Waals surface area contributed by atoms with Crippen molar-refractivity contribution in [3.8, 4) is 11.1 Å². The number of benzene rings is 2. The third kappa shape index (κ3) is 4.64. The third-order valence-corrected chi connectivity index (χ3v) is 6.97. The topological polar surface area (TPSA) is 55.4 Å². The number of thiophene rings is 1. The van der Waals surface area contributed by atoms with Crippen molar-refractivity contribution in [2.24, 2.45) is 0 Å². The van der Waals surface area contributed by atoms with Crippen molar-refractivity contribution in [1.29, 1.82) is 0 Å². The van der Waals surface area contributed by atoms with Gasteiger partial charge < -0.3 is 10.1 Å². The van der Waals surface area contributed by atoms with Gasteiger partial charge in [-0.15, -0.1) is 11.3 Å². The first-order chi connectivity index (χ1) is 15.0. The normalized spacial score (nSPS) is 12.9. The number of carbonyl (C=O) groups is 2. The lowest BCUT2D eigenvalue weighted by molar-refractivity contribution is 0.0529. The van der Waals surface area contributed by atoms with Crippen molar-refractivity contribution in [3.63, 3.8) is 0 Å². The highest BCUT2D eigenvalue weighted by atomic mass is 35.5. The van der Waals surface area contributed by atoms with Crippen molar-refractivity contribution in [2.75, 3.05) is 11.9 Å². The molecular weight excluding hydrogens is 453 g/mol. The molecule has 0 saturated carbocycles. The number of aryl methyl sites for hydroxylation is 2. The minimum absolute atomic E-state index is 0.248. The number of amides is 1. The van der Waals surface area contributed by atoms with Crippen LogP contribution in [0.2, 0.25) is 10.0 Å². The Labute approximate surface area is 195 Å². The molecule has 0 radical (unpaired) electrons. The van der Waals surface area contributed by atoms with E-state index in [9.17, 15) is 9.59 Å². The molecule has 1 aromatic heterocycles. The number of anilines is 1. The Bertz CT molecular complexity index is 1160. The molecule has 0 fully saturated rings. The Balaban J connectivity index is 1.70. The van der Waals surface area contributed by atoms with E-state index < -0.39 is 5.97 Å². The molecule has 0 unspecified atom stereocenters. The highest BCUT2D eigenvalue weighted by Crippen LogP contribution is 2.38. The Morgan fingerprint density at radius 2 is 1.81 bits per heavy atom. The number of hydrogen-bond donors (Lipinski definition) is 1. The molecule has 0 bridgehead atoms. The molecule has 0 saturated heterocycles. The number of fused-ring (bicyclic) bond motifs is 1. The van der Waals surface area contributed by atoms with Gasteiger partial charge >= 0.3 is 5.97 Å². The summed E-state index contributed by atoms with van der Waals surface area (Å²) in [6.45, 7) is 2.01. The van der Waals surface area contributed by atoms with Gasteiger partial charge in [-0.05, 0) is 67.5 Å². The maximum Gasteiger partial charge on any atom is 0.341 e. The average Bonchev–Trinajstić information content (AvgIpc) is 3.19. The van der Waals surface area contributed by atoms with Crippen LogP contribution in [-0.4, -0.2) is 18.5 Å². The molecule has 2 aromatic carbocycles. The van der Waals surface area contributed by atoms with Gasteiger partial charge in [0.15, 0.2) is 0 Å². The van der Waals surface area contributed by atoms with E-state index in [-0.39, 0.29) is 12.5 Å². The summed E-state index contributed by atoms with van der Waals surface area (Å²) in [5.74, 6) is -0.830. The zero-order chi connectivity index (χ0) is 22.0. The number of nitrogens with one attached hydrogen (secondary N) is 1. The first-order valence-electron chi connectivity index (χ1n) is 10.1. The second kappa shape index (κ2) is 9.43. The van der Waals surface area contributed by atoms with Crippen LogP contribution in [0.15, 0.2) is 41.8 Å². The quantitative estimate of drug-likeness (QED) is 0.404. The van der Waals surface area contributed by atoms with E-state index in [2.05, 4.69) is 17.4 Å². The fourth-order valence-corrected chi connectivity index (χ4v) is 5.03. The number of halogens is 2. The molecule has 4 rings (SSSR count). The Morgan fingerprint density at radius 3 is 2.55 bits per heavy atom. The second-order valence-corrected chi connectivity index (χ2v) is 9.04. The first kappa shape index (κ1) is 21.9. The zero-order valence-electron chi connectivity index (χ0n) is 17.0. The molecule has 0 atom stereocenters. The molecule has 7 heteroatoms. The van der Waals surface area contributed by atoms with Crippen LogP contribution in [0.25, 0.3) is 11.1 Å². The van der Waals surface area contributed by atoms with E-state index in [1.165, 1.54) is 41.4 Å². The number of carbonyl (C=O) groups excluding carboxylic acids is 2. The lowest BCUT2D eigenvalue weighted by Gasteiger charge is -2.17. The summed E-state index contributed by atoms with van der Waals surface area (Å²) in [5, 5.41) is 5.84. The van der Waals surface area contributed by atoms with E-state index in [4.69, 9.17) is 27.9 Å². The van der Waals surface area contributed by atoms with Gasteiger partial charge in [0.2, 0.25) is 0 Å². The Kier molecular flexibility index (Phi) is 6.65. The predicted octanol–water partition coefficient (Wildman–Crippen LogP) is 7.03. The van der Waals surface area contributed by atoms with Crippen LogP contribution in [0.5, 0.6) is 0 Å². The summed E-state index contributed by atoms with van der Waals surface area (Å²) in [5.41, 5.74) is 5.14. The number of esters is 1. The fourth-order valence-electron chi connectivity index (χ4n) is 3.78. The highest BCUT2D eigenvalue weighted by molar-refractivity contribution is 7.15. The molecule has 1 N–H and O–H groups in total. The predicted molar refractivity (Wildman–Crippen MR) is 127 cm³/mol. The highest BCUT2D eigenvalue weighted by Gasteiger charge is 2.24. The number of ether oxygens (including phenoxy) is 1. The van der Waals surface area contributed by atoms with Gasteiger partial charge in [-0.25, -0.2) is 4.79 Å². The SMILES string of the molecule is CCOC(=O)c1c(-c2ccc3c(c2)CCCC3)csc1NC(=O)c1ccc(Cl)c(Cl)c1. The van der Waals surface area contributed by atoms with Crippen molar-refractivity contribution in [1.82, 2.24) is 0 Å². The van der Waals surface area contributed by atoms with E-state index >= 15 is 0 Å². The molecule has 31 heavy (non-hydrogen) atoms. The minimum atomic E-state index is -0.457. The first-order valence-corrected chi connectivity index (χ1v) is 11.8. The Morgan fingerprint density at radius 1 is 1.03 bits per heavy atom. The van der Waals surface area contributed by atoms with E-state index in [0.29, 0.717) is 26.2 Å². The minimum Gasteiger partial charge on any atom is -0.462 e. The molecule has 1 amide bonds. The molecule has 1 aliphatic rings. The van der Waals surface area contributed by atoms with Crippen LogP contribution in [-0.2, 0) is 17.6 Å². The number of hydrogen-bond acceptors (Lipinski definition) is 4. The van der Waals surface area contributed by atoms with Crippen LogP contribution in [0, 0.1) is 0 Å². The van der Waals surface area contributed by atoms with Gasteiger partial charge in [0.1, 0.15) is 10.6 Å². The molecule has 0 aliphatic heterocycles. The summed E-state index contributed by atoms with van der Waals surface area (Å²) in [7, 11) is 0. The van der Waals surface area contributed by atoms with Crippen molar-refractivity contribution >= 4 is 51.4 Å². The van der Waals surface area contributed by atoms with Gasteiger partial charge in [0.25, 0.3) is 5.91 Å². The van der Waals surface area contributed by atoms with Crippen molar-refractivity contribution in [3.05, 3.63) is 74.1 Å². The Hall–Kier alpha value is -2.34. The second-order valence-electron chi connectivity index (χ2n) is 7.35. The monoisotopic (exact) mass is 473 g/mol. The van der Waals surface area contributed by atoms with Crippen LogP contribution >= 0.6 is 34.5 Å². The maximum absolute atomic E-state index is 12.8.